The normalized spacial score (nSPS) is 15.1. The van der Waals surface area contributed by atoms with Gasteiger partial charge in [0, 0.05) is 11.6 Å². The maximum atomic E-state index is 11.6. The largest absolute Gasteiger partial charge is 0.294 e. The number of halogens is 1. The first-order valence-corrected chi connectivity index (χ1v) is 4.80. The molecule has 1 aromatic heterocycles. The van der Waals surface area contributed by atoms with E-state index in [0.29, 0.717) is 17.4 Å². The summed E-state index contributed by atoms with van der Waals surface area (Å²) in [6.45, 7) is 3.89. The summed E-state index contributed by atoms with van der Waals surface area (Å²) >= 11 is 5.87. The van der Waals surface area contributed by atoms with Crippen molar-refractivity contribution in [1.82, 2.24) is 9.97 Å². The predicted molar refractivity (Wildman–Crippen MR) is 53.4 cm³/mol. The van der Waals surface area contributed by atoms with E-state index in [1.54, 1.807) is 4.90 Å². The number of amides is 1. The van der Waals surface area contributed by atoms with Crippen molar-refractivity contribution < 1.29 is 4.79 Å². The van der Waals surface area contributed by atoms with Crippen LogP contribution in [0.25, 0.3) is 0 Å². The van der Waals surface area contributed by atoms with Crippen LogP contribution in [0, 0.1) is 0 Å². The third kappa shape index (κ3) is 1.26. The monoisotopic (exact) mass is 211 g/mol. The van der Waals surface area contributed by atoms with E-state index in [1.807, 2.05) is 13.8 Å². The highest BCUT2D eigenvalue weighted by Crippen LogP contribution is 2.31. The SMILES string of the molecule is CC(C)N1C(=O)Cc2c(Cl)ncnc21. The molecule has 14 heavy (non-hydrogen) atoms. The molecule has 0 spiro atoms. The van der Waals surface area contributed by atoms with Gasteiger partial charge in [0.25, 0.3) is 0 Å². The zero-order valence-electron chi connectivity index (χ0n) is 7.99. The standard InChI is InChI=1S/C9H10ClN3O/c1-5(2)13-7(14)3-6-8(10)11-4-12-9(6)13/h4-5H,3H2,1-2H3. The van der Waals surface area contributed by atoms with E-state index in [4.69, 9.17) is 11.6 Å². The smallest absolute Gasteiger partial charge is 0.233 e. The molecule has 0 saturated carbocycles. The van der Waals surface area contributed by atoms with Gasteiger partial charge in [-0.15, -0.1) is 0 Å². The zero-order chi connectivity index (χ0) is 10.3. The van der Waals surface area contributed by atoms with E-state index < -0.39 is 0 Å². The number of carbonyl (C=O) groups is 1. The van der Waals surface area contributed by atoms with Crippen molar-refractivity contribution in [2.45, 2.75) is 26.3 Å². The van der Waals surface area contributed by atoms with E-state index in [0.717, 1.165) is 5.56 Å². The fourth-order valence-corrected chi connectivity index (χ4v) is 1.82. The number of nitrogens with zero attached hydrogens (tertiary/aromatic N) is 3. The predicted octanol–water partition coefficient (Wildman–Crippen LogP) is 1.43. The molecule has 1 aliphatic heterocycles. The van der Waals surface area contributed by atoms with Gasteiger partial charge in [-0.2, -0.15) is 0 Å². The number of fused-ring (bicyclic) bond motifs is 1. The molecule has 0 aromatic carbocycles. The van der Waals surface area contributed by atoms with Crippen molar-refractivity contribution in [1.29, 1.82) is 0 Å². The summed E-state index contributed by atoms with van der Waals surface area (Å²) in [6.07, 6.45) is 1.70. The van der Waals surface area contributed by atoms with Crippen LogP contribution < -0.4 is 4.90 Å². The molecule has 1 aromatic rings. The van der Waals surface area contributed by atoms with Gasteiger partial charge >= 0.3 is 0 Å². The average molecular weight is 212 g/mol. The number of rotatable bonds is 1. The molecule has 1 amide bonds. The number of carbonyl (C=O) groups excluding carboxylic acids is 1. The van der Waals surface area contributed by atoms with E-state index in [1.165, 1.54) is 6.33 Å². The van der Waals surface area contributed by atoms with Crippen LogP contribution in [0.4, 0.5) is 5.82 Å². The van der Waals surface area contributed by atoms with Crippen LogP contribution in [0.2, 0.25) is 5.15 Å². The number of hydrogen-bond donors (Lipinski definition) is 0. The molecule has 4 nitrogen and oxygen atoms in total. The Morgan fingerprint density at radius 3 is 2.86 bits per heavy atom. The van der Waals surface area contributed by atoms with Gasteiger partial charge in [0.1, 0.15) is 17.3 Å². The zero-order valence-corrected chi connectivity index (χ0v) is 8.75. The minimum atomic E-state index is 0.0393. The molecule has 2 rings (SSSR count). The third-order valence-electron chi connectivity index (χ3n) is 2.21. The van der Waals surface area contributed by atoms with Crippen LogP contribution in [-0.4, -0.2) is 21.9 Å². The molecule has 1 aliphatic rings. The van der Waals surface area contributed by atoms with Crippen LogP contribution in [-0.2, 0) is 11.2 Å². The molecule has 0 saturated heterocycles. The van der Waals surface area contributed by atoms with Gasteiger partial charge in [0.2, 0.25) is 5.91 Å². The molecule has 2 heterocycles. The molecule has 0 aliphatic carbocycles. The summed E-state index contributed by atoms with van der Waals surface area (Å²) in [5.74, 6) is 0.697. The summed E-state index contributed by atoms with van der Waals surface area (Å²) in [5.41, 5.74) is 0.743. The fourth-order valence-electron chi connectivity index (χ4n) is 1.63. The second-order valence-electron chi connectivity index (χ2n) is 3.50. The summed E-state index contributed by atoms with van der Waals surface area (Å²) in [5, 5.41) is 0.381. The molecule has 0 fully saturated rings. The molecular formula is C9H10ClN3O. The lowest BCUT2D eigenvalue weighted by molar-refractivity contribution is -0.117. The highest BCUT2D eigenvalue weighted by atomic mass is 35.5. The Bertz CT molecular complexity index is 392. The van der Waals surface area contributed by atoms with Crippen molar-refractivity contribution in [2.75, 3.05) is 4.90 Å². The quantitative estimate of drug-likeness (QED) is 0.661. The van der Waals surface area contributed by atoms with Crippen molar-refractivity contribution in [3.63, 3.8) is 0 Å². The maximum absolute atomic E-state index is 11.6. The minimum Gasteiger partial charge on any atom is -0.294 e. The topological polar surface area (TPSA) is 46.1 Å². The van der Waals surface area contributed by atoms with Crippen molar-refractivity contribution in [3.05, 3.63) is 17.0 Å². The molecule has 0 unspecified atom stereocenters. The minimum absolute atomic E-state index is 0.0393. The lowest BCUT2D eigenvalue weighted by Crippen LogP contribution is -2.34. The number of aromatic nitrogens is 2. The second-order valence-corrected chi connectivity index (χ2v) is 3.86. The lowest BCUT2D eigenvalue weighted by Gasteiger charge is -2.20. The summed E-state index contributed by atoms with van der Waals surface area (Å²) in [4.78, 5) is 21.2. The summed E-state index contributed by atoms with van der Waals surface area (Å²) in [6, 6.07) is 0.106. The van der Waals surface area contributed by atoms with Crippen LogP contribution in [0.3, 0.4) is 0 Å². The third-order valence-corrected chi connectivity index (χ3v) is 2.54. The van der Waals surface area contributed by atoms with Crippen molar-refractivity contribution in [3.8, 4) is 0 Å². The summed E-state index contributed by atoms with van der Waals surface area (Å²) in [7, 11) is 0. The van der Waals surface area contributed by atoms with E-state index >= 15 is 0 Å². The van der Waals surface area contributed by atoms with Gasteiger partial charge in [-0.3, -0.25) is 9.69 Å². The first-order chi connectivity index (χ1) is 6.61. The van der Waals surface area contributed by atoms with Crippen molar-refractivity contribution in [2.24, 2.45) is 0 Å². The first kappa shape index (κ1) is 9.40. The Hall–Kier alpha value is -1.16. The van der Waals surface area contributed by atoms with E-state index in [2.05, 4.69) is 9.97 Å². The first-order valence-electron chi connectivity index (χ1n) is 4.42. The molecule has 74 valence electrons. The van der Waals surface area contributed by atoms with Gasteiger partial charge in [-0.1, -0.05) is 11.6 Å². The fraction of sp³-hybridized carbons (Fsp3) is 0.444. The number of anilines is 1. The molecule has 5 heteroatoms. The van der Waals surface area contributed by atoms with Crippen LogP contribution in [0.1, 0.15) is 19.4 Å². The van der Waals surface area contributed by atoms with Gasteiger partial charge < -0.3 is 0 Å². The van der Waals surface area contributed by atoms with Gasteiger partial charge in [-0.05, 0) is 13.8 Å². The Morgan fingerprint density at radius 1 is 1.50 bits per heavy atom. The molecule has 0 atom stereocenters. The maximum Gasteiger partial charge on any atom is 0.233 e. The molecular weight excluding hydrogens is 202 g/mol. The summed E-state index contributed by atoms with van der Waals surface area (Å²) < 4.78 is 0. The Labute approximate surface area is 86.9 Å². The molecule has 0 bridgehead atoms. The molecule has 0 radical (unpaired) electrons. The average Bonchev–Trinajstić information content (AvgIpc) is 2.42. The van der Waals surface area contributed by atoms with Crippen LogP contribution in [0.5, 0.6) is 0 Å². The van der Waals surface area contributed by atoms with Gasteiger partial charge in [0.05, 0.1) is 6.42 Å². The van der Waals surface area contributed by atoms with Gasteiger partial charge in [0.15, 0.2) is 0 Å². The highest BCUT2D eigenvalue weighted by molar-refractivity contribution is 6.31. The Morgan fingerprint density at radius 2 is 2.21 bits per heavy atom. The lowest BCUT2D eigenvalue weighted by atomic mass is 10.3. The molecule has 0 N–H and O–H groups in total. The second kappa shape index (κ2) is 3.20. The Balaban J connectivity index is 2.53. The van der Waals surface area contributed by atoms with Crippen molar-refractivity contribution >= 4 is 23.3 Å². The van der Waals surface area contributed by atoms with Gasteiger partial charge in [-0.25, -0.2) is 9.97 Å². The van der Waals surface area contributed by atoms with Crippen LogP contribution in [0.15, 0.2) is 6.33 Å². The Kier molecular flexibility index (Phi) is 2.15. The number of hydrogen-bond acceptors (Lipinski definition) is 3. The van der Waals surface area contributed by atoms with E-state index in [9.17, 15) is 4.79 Å². The van der Waals surface area contributed by atoms with E-state index in [-0.39, 0.29) is 11.9 Å². The van der Waals surface area contributed by atoms with Crippen LogP contribution >= 0.6 is 11.6 Å². The highest BCUT2D eigenvalue weighted by Gasteiger charge is 2.32.